The van der Waals surface area contributed by atoms with Gasteiger partial charge in [0.2, 0.25) is 0 Å². The summed E-state index contributed by atoms with van der Waals surface area (Å²) in [5, 5.41) is 0. The molecule has 1 rings (SSSR count). The summed E-state index contributed by atoms with van der Waals surface area (Å²) in [7, 11) is 0. The van der Waals surface area contributed by atoms with Gasteiger partial charge in [0.05, 0.1) is 12.4 Å². The predicted molar refractivity (Wildman–Crippen MR) is 104 cm³/mol. The monoisotopic (exact) mass is 412 g/mol. The van der Waals surface area contributed by atoms with Crippen LogP contribution in [-0.4, -0.2) is 4.98 Å². The third-order valence-corrected chi connectivity index (χ3v) is 4.96. The van der Waals surface area contributed by atoms with Crippen molar-refractivity contribution in [3.8, 4) is 0 Å². The summed E-state index contributed by atoms with van der Waals surface area (Å²) in [5.74, 6) is 0. The quantitative estimate of drug-likeness (QED) is 0.282. The molecule has 2 nitrogen and oxygen atoms in total. The predicted octanol–water partition coefficient (Wildman–Crippen LogP) is 3.63. The van der Waals surface area contributed by atoms with E-state index >= 15 is 0 Å². The summed E-state index contributed by atoms with van der Waals surface area (Å²) < 4.78 is 2.23. The van der Waals surface area contributed by atoms with Crippen molar-refractivity contribution in [2.45, 2.75) is 116 Å². The lowest BCUT2D eigenvalue weighted by Gasteiger charge is -2.03. The maximum Gasteiger partial charge on any atom is 0.187 e. The molecule has 0 saturated carbocycles. The van der Waals surface area contributed by atoms with Crippen molar-refractivity contribution < 1.29 is 21.5 Å². The van der Waals surface area contributed by atoms with E-state index in [2.05, 4.69) is 28.9 Å². The molecule has 0 spiro atoms. The maximum atomic E-state index is 4.05. The molecule has 25 heavy (non-hydrogen) atoms. The van der Waals surface area contributed by atoms with Crippen molar-refractivity contribution in [3.63, 3.8) is 0 Å². The van der Waals surface area contributed by atoms with E-state index < -0.39 is 0 Å². The number of aromatic nitrogens is 2. The van der Waals surface area contributed by atoms with Gasteiger partial charge in [-0.1, -0.05) is 96.8 Å². The van der Waals surface area contributed by atoms with E-state index in [1.165, 1.54) is 103 Å². The minimum atomic E-state index is 0. The molecular formula is C22H41BrN2. The van der Waals surface area contributed by atoms with Gasteiger partial charge in [0.25, 0.3) is 0 Å². The van der Waals surface area contributed by atoms with Gasteiger partial charge in [-0.05, 0) is 6.42 Å². The van der Waals surface area contributed by atoms with Crippen LogP contribution in [0.4, 0.5) is 0 Å². The molecule has 0 unspecified atom stereocenters. The summed E-state index contributed by atoms with van der Waals surface area (Å²) in [5.41, 5.74) is 0. The first-order chi connectivity index (χ1) is 11.9. The van der Waals surface area contributed by atoms with E-state index in [4.69, 9.17) is 0 Å². The molecule has 0 aromatic carbocycles. The zero-order valence-electron chi connectivity index (χ0n) is 16.6. The van der Waals surface area contributed by atoms with Crippen LogP contribution in [0, 0.1) is 0 Å². The highest BCUT2D eigenvalue weighted by molar-refractivity contribution is 4.62. The molecule has 0 amide bonds. The first-order valence-electron chi connectivity index (χ1n) is 10.7. The second kappa shape index (κ2) is 19.9. The number of aryl methyl sites for hydroxylation is 1. The van der Waals surface area contributed by atoms with Crippen molar-refractivity contribution in [2.75, 3.05) is 0 Å². The van der Waals surface area contributed by atoms with Gasteiger partial charge >= 0.3 is 0 Å². The van der Waals surface area contributed by atoms with Gasteiger partial charge < -0.3 is 17.0 Å². The van der Waals surface area contributed by atoms with E-state index in [1.807, 2.05) is 12.4 Å². The topological polar surface area (TPSA) is 16.8 Å². The van der Waals surface area contributed by atoms with Gasteiger partial charge in [-0.2, -0.15) is 0 Å². The number of unbranched alkanes of at least 4 members (excludes halogenated alkanes) is 15. The van der Waals surface area contributed by atoms with Crippen LogP contribution in [-0.2, 0) is 6.54 Å². The normalized spacial score (nSPS) is 10.6. The average molecular weight is 413 g/mol. The van der Waals surface area contributed by atoms with Gasteiger partial charge in [0.1, 0.15) is 6.54 Å². The van der Waals surface area contributed by atoms with Crippen molar-refractivity contribution in [2.24, 2.45) is 0 Å². The van der Waals surface area contributed by atoms with E-state index in [1.54, 1.807) is 0 Å². The third kappa shape index (κ3) is 16.8. The Morgan fingerprint density at radius 2 is 0.920 bits per heavy atom. The molecule has 3 heteroatoms. The van der Waals surface area contributed by atoms with Crippen molar-refractivity contribution in [1.29, 1.82) is 0 Å². The molecule has 1 heterocycles. The van der Waals surface area contributed by atoms with Crippen molar-refractivity contribution in [3.05, 3.63) is 24.8 Å². The Hall–Kier alpha value is -0.440. The SMILES string of the molecule is CCCCCCCCCCCCCCCCCC[n+]1ccncc1.[Br-]. The summed E-state index contributed by atoms with van der Waals surface area (Å²) in [6.07, 6.45) is 30.8. The lowest BCUT2D eigenvalue weighted by Crippen LogP contribution is -3.00. The van der Waals surface area contributed by atoms with Gasteiger partial charge in [-0.25, -0.2) is 4.57 Å². The van der Waals surface area contributed by atoms with Crippen LogP contribution < -0.4 is 21.5 Å². The summed E-state index contributed by atoms with van der Waals surface area (Å²) in [4.78, 5) is 4.05. The second-order valence-electron chi connectivity index (χ2n) is 7.29. The molecule has 0 aliphatic carbocycles. The van der Waals surface area contributed by atoms with Crippen LogP contribution >= 0.6 is 0 Å². The molecule has 1 aromatic rings. The molecule has 0 radical (unpaired) electrons. The number of hydrogen-bond donors (Lipinski definition) is 0. The minimum Gasteiger partial charge on any atom is -1.00 e. The Balaban J connectivity index is 0.00000576. The van der Waals surface area contributed by atoms with E-state index in [-0.39, 0.29) is 17.0 Å². The minimum absolute atomic E-state index is 0. The Morgan fingerprint density at radius 1 is 0.560 bits per heavy atom. The Morgan fingerprint density at radius 3 is 1.32 bits per heavy atom. The number of rotatable bonds is 17. The molecule has 0 N–H and O–H groups in total. The highest BCUT2D eigenvalue weighted by atomic mass is 79.9. The standard InChI is InChI=1S/C22H41N2.BrH/c1-2-3-4-5-6-7-8-9-10-11-12-13-14-15-16-17-20-24-21-18-23-19-22-24;/h18-19,21-22H,2-17,20H2,1H3;1H/q+1;/p-1. The second-order valence-corrected chi connectivity index (χ2v) is 7.29. The van der Waals surface area contributed by atoms with Crippen molar-refractivity contribution in [1.82, 2.24) is 4.98 Å². The van der Waals surface area contributed by atoms with Crippen LogP contribution in [0.15, 0.2) is 24.8 Å². The number of halogens is 1. The fourth-order valence-electron chi connectivity index (χ4n) is 3.34. The summed E-state index contributed by atoms with van der Waals surface area (Å²) in [6, 6.07) is 0. The van der Waals surface area contributed by atoms with E-state index in [9.17, 15) is 0 Å². The van der Waals surface area contributed by atoms with Crippen LogP contribution in [0.5, 0.6) is 0 Å². The first-order valence-corrected chi connectivity index (χ1v) is 10.7. The zero-order valence-corrected chi connectivity index (χ0v) is 18.2. The maximum absolute atomic E-state index is 4.05. The number of nitrogens with zero attached hydrogens (tertiary/aromatic N) is 2. The molecule has 0 fully saturated rings. The lowest BCUT2D eigenvalue weighted by atomic mass is 10.0. The van der Waals surface area contributed by atoms with E-state index in [0.29, 0.717) is 0 Å². The molecule has 0 aliphatic heterocycles. The Kier molecular flexibility index (Phi) is 19.5. The van der Waals surface area contributed by atoms with Crippen molar-refractivity contribution >= 4 is 0 Å². The largest absolute Gasteiger partial charge is 1.00 e. The zero-order chi connectivity index (χ0) is 17.1. The van der Waals surface area contributed by atoms with E-state index in [0.717, 1.165) is 6.54 Å². The molecule has 0 bridgehead atoms. The first kappa shape index (κ1) is 24.6. The van der Waals surface area contributed by atoms with Gasteiger partial charge in [0, 0.05) is 6.42 Å². The lowest BCUT2D eigenvalue weighted by molar-refractivity contribution is -0.697. The third-order valence-electron chi connectivity index (χ3n) is 4.96. The molecule has 0 saturated heterocycles. The summed E-state index contributed by atoms with van der Waals surface area (Å²) in [6.45, 7) is 3.43. The number of hydrogen-bond acceptors (Lipinski definition) is 1. The average Bonchev–Trinajstić information content (AvgIpc) is 2.62. The van der Waals surface area contributed by atoms with Crippen LogP contribution in [0.25, 0.3) is 0 Å². The Labute approximate surface area is 167 Å². The van der Waals surface area contributed by atoms with Gasteiger partial charge in [0.15, 0.2) is 12.4 Å². The van der Waals surface area contributed by atoms with Gasteiger partial charge in [-0.15, -0.1) is 0 Å². The van der Waals surface area contributed by atoms with Gasteiger partial charge in [-0.3, -0.25) is 4.98 Å². The molecule has 146 valence electrons. The Bertz CT molecular complexity index is 356. The smallest absolute Gasteiger partial charge is 0.187 e. The van der Waals surface area contributed by atoms with Crippen LogP contribution in [0.1, 0.15) is 110 Å². The molecular weight excluding hydrogens is 372 g/mol. The highest BCUT2D eigenvalue weighted by Gasteiger charge is 1.98. The van der Waals surface area contributed by atoms with Crippen LogP contribution in [0.3, 0.4) is 0 Å². The highest BCUT2D eigenvalue weighted by Crippen LogP contribution is 2.13. The molecule has 0 aliphatic rings. The molecule has 0 atom stereocenters. The summed E-state index contributed by atoms with van der Waals surface area (Å²) >= 11 is 0. The molecule has 1 aromatic heterocycles. The fourth-order valence-corrected chi connectivity index (χ4v) is 3.34. The fraction of sp³-hybridized carbons (Fsp3) is 0.818. The van der Waals surface area contributed by atoms with Crippen LogP contribution in [0.2, 0.25) is 0 Å².